The van der Waals surface area contributed by atoms with Crippen LogP contribution in [0.2, 0.25) is 0 Å². The van der Waals surface area contributed by atoms with Crippen LogP contribution >= 0.6 is 0 Å². The smallest absolute Gasteiger partial charge is 0.0791 e. The molecule has 1 rings (SSSR count). The molecule has 0 aromatic heterocycles. The first-order valence-corrected chi connectivity index (χ1v) is 7.77. The summed E-state index contributed by atoms with van der Waals surface area (Å²) in [6.45, 7) is 11.7. The Hall–Kier alpha value is -0.120. The van der Waals surface area contributed by atoms with Gasteiger partial charge in [-0.1, -0.05) is 33.6 Å². The molecule has 0 aromatic rings. The number of nitrogens with zero attached hydrogens (tertiary/aromatic N) is 1. The van der Waals surface area contributed by atoms with E-state index in [1.807, 2.05) is 0 Å². The van der Waals surface area contributed by atoms with Crippen molar-refractivity contribution < 1.29 is 5.11 Å². The van der Waals surface area contributed by atoms with E-state index in [2.05, 4.69) is 31.0 Å². The number of hydrogen-bond donors (Lipinski definition) is 2. The van der Waals surface area contributed by atoms with Crippen molar-refractivity contribution in [2.75, 3.05) is 32.7 Å². The Morgan fingerprint density at radius 2 is 1.78 bits per heavy atom. The number of hydrogen-bond acceptors (Lipinski definition) is 3. The van der Waals surface area contributed by atoms with Gasteiger partial charge in [0.1, 0.15) is 0 Å². The van der Waals surface area contributed by atoms with Gasteiger partial charge in [0, 0.05) is 13.1 Å². The second kappa shape index (κ2) is 8.13. The molecule has 1 saturated heterocycles. The third-order valence-electron chi connectivity index (χ3n) is 4.69. The lowest BCUT2D eigenvalue weighted by molar-refractivity contribution is 0.0536. The fourth-order valence-electron chi connectivity index (χ4n) is 2.98. The van der Waals surface area contributed by atoms with Gasteiger partial charge in [0.15, 0.2) is 0 Å². The van der Waals surface area contributed by atoms with E-state index in [0.717, 1.165) is 39.1 Å². The lowest BCUT2D eigenvalue weighted by Crippen LogP contribution is -2.45. The molecule has 0 spiro atoms. The Labute approximate surface area is 113 Å². The molecule has 1 heterocycles. The zero-order chi connectivity index (χ0) is 13.4. The fraction of sp³-hybridized carbons (Fsp3) is 1.00. The number of rotatable bonds is 8. The molecule has 1 aliphatic heterocycles. The third-order valence-corrected chi connectivity index (χ3v) is 4.69. The van der Waals surface area contributed by atoms with Crippen molar-refractivity contribution in [2.45, 2.75) is 59.0 Å². The van der Waals surface area contributed by atoms with Crippen molar-refractivity contribution in [2.24, 2.45) is 5.41 Å². The van der Waals surface area contributed by atoms with Crippen LogP contribution in [0, 0.1) is 5.41 Å². The van der Waals surface area contributed by atoms with E-state index in [1.54, 1.807) is 0 Å². The molecule has 0 radical (unpaired) electrons. The first kappa shape index (κ1) is 15.9. The quantitative estimate of drug-likeness (QED) is 0.654. The normalized spacial score (nSPS) is 22.0. The Kier molecular flexibility index (Phi) is 7.20. The van der Waals surface area contributed by atoms with E-state index >= 15 is 0 Å². The molecule has 0 amide bonds. The van der Waals surface area contributed by atoms with E-state index < -0.39 is 0 Å². The molecular formula is C15H32N2O. The van der Waals surface area contributed by atoms with Gasteiger partial charge < -0.3 is 15.3 Å². The van der Waals surface area contributed by atoms with Gasteiger partial charge >= 0.3 is 0 Å². The maximum atomic E-state index is 9.97. The molecule has 1 unspecified atom stereocenters. The van der Waals surface area contributed by atoms with Crippen molar-refractivity contribution in [1.82, 2.24) is 10.2 Å². The van der Waals surface area contributed by atoms with Gasteiger partial charge in [-0.05, 0) is 44.3 Å². The largest absolute Gasteiger partial charge is 0.390 e. The molecule has 1 atom stereocenters. The van der Waals surface area contributed by atoms with Crippen molar-refractivity contribution in [1.29, 1.82) is 0 Å². The van der Waals surface area contributed by atoms with Crippen LogP contribution in [0.3, 0.4) is 0 Å². The van der Waals surface area contributed by atoms with Crippen LogP contribution < -0.4 is 5.32 Å². The molecule has 1 aliphatic rings. The minimum atomic E-state index is -0.215. The van der Waals surface area contributed by atoms with Crippen LogP contribution in [0.5, 0.6) is 0 Å². The summed E-state index contributed by atoms with van der Waals surface area (Å²) < 4.78 is 0. The van der Waals surface area contributed by atoms with Gasteiger partial charge in [-0.15, -0.1) is 0 Å². The standard InChI is InChI=1S/C15H32N2O/c1-4-9-16-12-14(18)13-17-10-7-15(5-2,6-3)8-11-17/h14,16,18H,4-13H2,1-3H3. The van der Waals surface area contributed by atoms with Crippen LogP contribution in [-0.2, 0) is 0 Å². The molecule has 1 fully saturated rings. The van der Waals surface area contributed by atoms with Crippen molar-refractivity contribution >= 4 is 0 Å². The van der Waals surface area contributed by atoms with Crippen LogP contribution in [0.1, 0.15) is 52.9 Å². The van der Waals surface area contributed by atoms with Gasteiger partial charge in [-0.2, -0.15) is 0 Å². The summed E-state index contributed by atoms with van der Waals surface area (Å²) in [5, 5.41) is 13.3. The molecule has 0 aromatic carbocycles. The lowest BCUT2D eigenvalue weighted by Gasteiger charge is -2.41. The SMILES string of the molecule is CCCNCC(O)CN1CCC(CC)(CC)CC1. The highest BCUT2D eigenvalue weighted by atomic mass is 16.3. The number of nitrogens with one attached hydrogen (secondary N) is 1. The lowest BCUT2D eigenvalue weighted by atomic mass is 9.74. The first-order valence-electron chi connectivity index (χ1n) is 7.77. The summed E-state index contributed by atoms with van der Waals surface area (Å²) in [4.78, 5) is 2.43. The van der Waals surface area contributed by atoms with E-state index in [1.165, 1.54) is 25.7 Å². The molecule has 3 heteroatoms. The Balaban J connectivity index is 2.22. The summed E-state index contributed by atoms with van der Waals surface area (Å²) in [5.74, 6) is 0. The minimum absolute atomic E-state index is 0.215. The predicted octanol–water partition coefficient (Wildman–Crippen LogP) is 2.25. The predicted molar refractivity (Wildman–Crippen MR) is 77.9 cm³/mol. The van der Waals surface area contributed by atoms with Gasteiger partial charge in [0.05, 0.1) is 6.10 Å². The maximum absolute atomic E-state index is 9.97. The van der Waals surface area contributed by atoms with Crippen LogP contribution in [0.25, 0.3) is 0 Å². The highest BCUT2D eigenvalue weighted by molar-refractivity contribution is 4.84. The topological polar surface area (TPSA) is 35.5 Å². The maximum Gasteiger partial charge on any atom is 0.0791 e. The van der Waals surface area contributed by atoms with Crippen molar-refractivity contribution in [3.63, 3.8) is 0 Å². The first-order chi connectivity index (χ1) is 8.65. The average Bonchev–Trinajstić information content (AvgIpc) is 2.40. The van der Waals surface area contributed by atoms with E-state index in [0.29, 0.717) is 5.41 Å². The zero-order valence-electron chi connectivity index (χ0n) is 12.5. The van der Waals surface area contributed by atoms with E-state index in [9.17, 15) is 5.11 Å². The number of aliphatic hydroxyl groups is 1. The Bertz CT molecular complexity index is 207. The molecule has 18 heavy (non-hydrogen) atoms. The van der Waals surface area contributed by atoms with Gasteiger partial charge in [0.25, 0.3) is 0 Å². The highest BCUT2D eigenvalue weighted by Crippen LogP contribution is 2.37. The monoisotopic (exact) mass is 256 g/mol. The average molecular weight is 256 g/mol. The highest BCUT2D eigenvalue weighted by Gasteiger charge is 2.31. The van der Waals surface area contributed by atoms with Crippen LogP contribution in [-0.4, -0.2) is 48.8 Å². The Morgan fingerprint density at radius 1 is 1.17 bits per heavy atom. The molecule has 0 bridgehead atoms. The van der Waals surface area contributed by atoms with Crippen LogP contribution in [0.15, 0.2) is 0 Å². The second-order valence-electron chi connectivity index (χ2n) is 5.87. The number of β-amino-alcohol motifs (C(OH)–C–C–N with tert-alkyl or cyclic N) is 1. The summed E-state index contributed by atoms with van der Waals surface area (Å²) in [5.41, 5.74) is 0.585. The molecule has 0 saturated carbocycles. The molecule has 3 nitrogen and oxygen atoms in total. The Morgan fingerprint density at radius 3 is 2.28 bits per heavy atom. The van der Waals surface area contributed by atoms with Crippen molar-refractivity contribution in [3.05, 3.63) is 0 Å². The van der Waals surface area contributed by atoms with E-state index in [4.69, 9.17) is 0 Å². The van der Waals surface area contributed by atoms with Gasteiger partial charge in [-0.3, -0.25) is 0 Å². The summed E-state index contributed by atoms with van der Waals surface area (Å²) >= 11 is 0. The number of aliphatic hydroxyl groups excluding tert-OH is 1. The molecule has 108 valence electrons. The van der Waals surface area contributed by atoms with Gasteiger partial charge in [-0.25, -0.2) is 0 Å². The zero-order valence-corrected chi connectivity index (χ0v) is 12.5. The number of piperidine rings is 1. The van der Waals surface area contributed by atoms with Gasteiger partial charge in [0.2, 0.25) is 0 Å². The molecular weight excluding hydrogens is 224 g/mol. The molecule has 0 aliphatic carbocycles. The fourth-order valence-corrected chi connectivity index (χ4v) is 2.98. The minimum Gasteiger partial charge on any atom is -0.390 e. The number of likely N-dealkylation sites (tertiary alicyclic amines) is 1. The van der Waals surface area contributed by atoms with Crippen molar-refractivity contribution in [3.8, 4) is 0 Å². The second-order valence-corrected chi connectivity index (χ2v) is 5.87. The van der Waals surface area contributed by atoms with Crippen LogP contribution in [0.4, 0.5) is 0 Å². The summed E-state index contributed by atoms with van der Waals surface area (Å²) in [7, 11) is 0. The molecule has 2 N–H and O–H groups in total. The third kappa shape index (κ3) is 4.87. The summed E-state index contributed by atoms with van der Waals surface area (Å²) in [6.07, 6.45) is 6.12. The van der Waals surface area contributed by atoms with E-state index in [-0.39, 0.29) is 6.10 Å². The summed E-state index contributed by atoms with van der Waals surface area (Å²) in [6, 6.07) is 0.